The molecule has 0 aromatic carbocycles. The van der Waals surface area contributed by atoms with Gasteiger partial charge in [-0.25, -0.2) is 13.4 Å². The maximum atomic E-state index is 11.5. The van der Waals surface area contributed by atoms with Gasteiger partial charge in [0.05, 0.1) is 13.2 Å². The Hall–Kier alpha value is -1.02. The van der Waals surface area contributed by atoms with E-state index < -0.39 is 10.0 Å². The highest BCUT2D eigenvalue weighted by Gasteiger charge is 2.14. The Morgan fingerprint density at radius 2 is 2.20 bits per heavy atom. The van der Waals surface area contributed by atoms with Crippen LogP contribution in [0, 0.1) is 0 Å². The molecule has 6 nitrogen and oxygen atoms in total. The van der Waals surface area contributed by atoms with E-state index in [-0.39, 0.29) is 11.6 Å². The molecule has 0 radical (unpaired) electrons. The molecule has 0 aliphatic heterocycles. The maximum absolute atomic E-state index is 11.5. The van der Waals surface area contributed by atoms with Gasteiger partial charge in [-0.2, -0.15) is 0 Å². The molecule has 0 unspecified atom stereocenters. The fourth-order valence-corrected chi connectivity index (χ4v) is 1.57. The molecule has 0 atom stereocenters. The second-order valence-corrected chi connectivity index (χ2v) is 4.19. The molecule has 1 aromatic rings. The Balaban J connectivity index is 2.53. The molecule has 0 spiro atoms. The summed E-state index contributed by atoms with van der Waals surface area (Å²) in [7, 11) is -2.18. The maximum Gasteiger partial charge on any atom is 0.279 e. The molecule has 1 aromatic heterocycles. The molecule has 0 aliphatic carbocycles. The standard InChI is InChI=1S/C8H12N2O4S/c1-13-6-7-14-10-15(11,12)8-4-2-3-5-9-8/h2-5,10H,6-7H2,1H3. The summed E-state index contributed by atoms with van der Waals surface area (Å²) in [5.41, 5.74) is 0. The molecule has 0 aliphatic rings. The number of ether oxygens (including phenoxy) is 1. The van der Waals surface area contributed by atoms with Crippen LogP contribution in [0.1, 0.15) is 0 Å². The Morgan fingerprint density at radius 3 is 2.80 bits per heavy atom. The van der Waals surface area contributed by atoms with E-state index in [1.54, 1.807) is 12.1 Å². The minimum atomic E-state index is -3.68. The second kappa shape index (κ2) is 5.76. The molecular formula is C8H12N2O4S. The largest absolute Gasteiger partial charge is 0.382 e. The van der Waals surface area contributed by atoms with Gasteiger partial charge in [0.15, 0.2) is 5.03 Å². The van der Waals surface area contributed by atoms with Crippen LogP contribution in [0.2, 0.25) is 0 Å². The van der Waals surface area contributed by atoms with Gasteiger partial charge in [-0.3, -0.25) is 4.84 Å². The van der Waals surface area contributed by atoms with Crippen LogP contribution in [0.4, 0.5) is 0 Å². The average molecular weight is 232 g/mol. The third kappa shape index (κ3) is 3.92. The topological polar surface area (TPSA) is 77.5 Å². The molecule has 0 amide bonds. The number of nitrogens with zero attached hydrogens (tertiary/aromatic N) is 1. The first-order chi connectivity index (χ1) is 7.17. The molecule has 0 saturated carbocycles. The lowest BCUT2D eigenvalue weighted by Crippen LogP contribution is -2.26. The molecule has 1 N–H and O–H groups in total. The molecular weight excluding hydrogens is 220 g/mol. The fourth-order valence-electron chi connectivity index (χ4n) is 0.793. The van der Waals surface area contributed by atoms with Crippen molar-refractivity contribution in [3.05, 3.63) is 24.4 Å². The van der Waals surface area contributed by atoms with Crippen LogP contribution >= 0.6 is 0 Å². The first kappa shape index (κ1) is 12.1. The van der Waals surface area contributed by atoms with Crippen molar-refractivity contribution in [1.82, 2.24) is 9.87 Å². The normalized spacial score (nSPS) is 11.5. The Labute approximate surface area is 88.2 Å². The van der Waals surface area contributed by atoms with E-state index in [4.69, 9.17) is 4.84 Å². The zero-order valence-corrected chi connectivity index (χ0v) is 9.03. The van der Waals surface area contributed by atoms with Crippen LogP contribution in [0.25, 0.3) is 0 Å². The minimum Gasteiger partial charge on any atom is -0.382 e. The minimum absolute atomic E-state index is 0.0811. The van der Waals surface area contributed by atoms with Gasteiger partial charge >= 0.3 is 0 Å². The third-order valence-corrected chi connectivity index (χ3v) is 2.60. The van der Waals surface area contributed by atoms with Crippen LogP contribution in [-0.2, 0) is 19.6 Å². The summed E-state index contributed by atoms with van der Waals surface area (Å²) >= 11 is 0. The molecule has 0 bridgehead atoms. The van der Waals surface area contributed by atoms with E-state index in [1.807, 2.05) is 4.89 Å². The highest BCUT2D eigenvalue weighted by atomic mass is 32.2. The molecule has 15 heavy (non-hydrogen) atoms. The van der Waals surface area contributed by atoms with Gasteiger partial charge in [0.2, 0.25) is 0 Å². The summed E-state index contributed by atoms with van der Waals surface area (Å²) in [6.07, 6.45) is 1.39. The zero-order valence-electron chi connectivity index (χ0n) is 8.21. The van der Waals surface area contributed by atoms with Gasteiger partial charge in [0.25, 0.3) is 10.0 Å². The van der Waals surface area contributed by atoms with Crippen molar-refractivity contribution in [2.75, 3.05) is 20.3 Å². The summed E-state index contributed by atoms with van der Waals surface area (Å²) < 4.78 is 27.6. The predicted octanol–water partition coefficient (Wildman–Crippen LogP) is -0.0621. The first-order valence-electron chi connectivity index (χ1n) is 4.20. The molecule has 84 valence electrons. The van der Waals surface area contributed by atoms with Crippen molar-refractivity contribution >= 4 is 10.0 Å². The number of pyridine rings is 1. The fraction of sp³-hybridized carbons (Fsp3) is 0.375. The van der Waals surface area contributed by atoms with Gasteiger partial charge in [-0.1, -0.05) is 11.0 Å². The number of nitrogens with one attached hydrogen (secondary N) is 1. The van der Waals surface area contributed by atoms with Crippen molar-refractivity contribution < 1.29 is 18.0 Å². The van der Waals surface area contributed by atoms with Crippen molar-refractivity contribution in [2.24, 2.45) is 0 Å². The second-order valence-electron chi connectivity index (χ2n) is 2.60. The lowest BCUT2D eigenvalue weighted by molar-refractivity contribution is 0.0437. The number of sulfonamides is 1. The van der Waals surface area contributed by atoms with Crippen LogP contribution in [0.5, 0.6) is 0 Å². The van der Waals surface area contributed by atoms with E-state index in [0.29, 0.717) is 6.61 Å². The summed E-state index contributed by atoms with van der Waals surface area (Å²) in [5, 5.41) is -0.0811. The number of methoxy groups -OCH3 is 1. The summed E-state index contributed by atoms with van der Waals surface area (Å²) in [6.45, 7) is 0.452. The van der Waals surface area contributed by atoms with E-state index >= 15 is 0 Å². The SMILES string of the molecule is COCCONS(=O)(=O)c1ccccn1. The van der Waals surface area contributed by atoms with Crippen LogP contribution in [-0.4, -0.2) is 33.7 Å². The van der Waals surface area contributed by atoms with Crippen molar-refractivity contribution in [1.29, 1.82) is 0 Å². The number of hydrogen-bond acceptors (Lipinski definition) is 5. The van der Waals surface area contributed by atoms with E-state index in [0.717, 1.165) is 0 Å². The smallest absolute Gasteiger partial charge is 0.279 e. The summed E-state index contributed by atoms with van der Waals surface area (Å²) in [5.74, 6) is 0. The van der Waals surface area contributed by atoms with E-state index in [9.17, 15) is 8.42 Å². The van der Waals surface area contributed by atoms with Crippen molar-refractivity contribution in [2.45, 2.75) is 5.03 Å². The van der Waals surface area contributed by atoms with Gasteiger partial charge < -0.3 is 4.74 Å². The van der Waals surface area contributed by atoms with Crippen molar-refractivity contribution in [3.8, 4) is 0 Å². The molecule has 7 heteroatoms. The van der Waals surface area contributed by atoms with Gasteiger partial charge in [0.1, 0.15) is 0 Å². The van der Waals surface area contributed by atoms with Gasteiger partial charge in [0, 0.05) is 13.3 Å². The molecule has 0 saturated heterocycles. The monoisotopic (exact) mass is 232 g/mol. The van der Waals surface area contributed by atoms with Gasteiger partial charge in [-0.05, 0) is 12.1 Å². The molecule has 0 fully saturated rings. The lowest BCUT2D eigenvalue weighted by Gasteiger charge is -2.05. The third-order valence-electron chi connectivity index (χ3n) is 1.47. The highest BCUT2D eigenvalue weighted by Crippen LogP contribution is 2.02. The number of aromatic nitrogens is 1. The van der Waals surface area contributed by atoms with Crippen LogP contribution in [0.3, 0.4) is 0 Å². The molecule has 1 heterocycles. The van der Waals surface area contributed by atoms with Crippen LogP contribution in [0.15, 0.2) is 29.4 Å². The zero-order chi connectivity index (χ0) is 11.1. The van der Waals surface area contributed by atoms with Crippen LogP contribution < -0.4 is 4.89 Å². The quantitative estimate of drug-likeness (QED) is 0.549. The number of rotatable bonds is 6. The molecule has 1 rings (SSSR count). The summed E-state index contributed by atoms with van der Waals surface area (Å²) in [4.78, 5) is 10.3. The Morgan fingerprint density at radius 1 is 1.40 bits per heavy atom. The van der Waals surface area contributed by atoms with E-state index in [1.165, 1.54) is 19.4 Å². The highest BCUT2D eigenvalue weighted by molar-refractivity contribution is 7.89. The Kier molecular flexibility index (Phi) is 4.63. The van der Waals surface area contributed by atoms with E-state index in [2.05, 4.69) is 9.72 Å². The van der Waals surface area contributed by atoms with Gasteiger partial charge in [-0.15, -0.1) is 0 Å². The average Bonchev–Trinajstić information content (AvgIpc) is 2.26. The van der Waals surface area contributed by atoms with Crippen molar-refractivity contribution in [3.63, 3.8) is 0 Å². The first-order valence-corrected chi connectivity index (χ1v) is 5.68. The Bertz CT molecular complexity index is 379. The lowest BCUT2D eigenvalue weighted by atomic mass is 10.5. The summed E-state index contributed by atoms with van der Waals surface area (Å²) in [6, 6.07) is 4.59. The predicted molar refractivity (Wildman–Crippen MR) is 52.4 cm³/mol. The number of hydrogen-bond donors (Lipinski definition) is 1.